The van der Waals surface area contributed by atoms with Gasteiger partial charge in [-0.2, -0.15) is 5.10 Å². The maximum Gasteiger partial charge on any atom is 0.357 e. The largest absolute Gasteiger partial charge is 0.461 e. The zero-order valence-corrected chi connectivity index (χ0v) is 14.3. The van der Waals surface area contributed by atoms with E-state index in [9.17, 15) is 4.79 Å². The number of aromatic amines is 1. The summed E-state index contributed by atoms with van der Waals surface area (Å²) in [6, 6.07) is 16.8. The molecule has 0 radical (unpaired) electrons. The smallest absolute Gasteiger partial charge is 0.357 e. The standard InChI is InChI=1S/C20H15ClN2O2/c1-2-25-20(24)19-17(12-11-14-7-4-3-5-8-14)18(22-23-19)15-9-6-10-16(21)13-15/h3-10,13H,2H2,1H3,(H,22,23). The molecule has 2 aromatic carbocycles. The minimum Gasteiger partial charge on any atom is -0.461 e. The Morgan fingerprint density at radius 3 is 2.68 bits per heavy atom. The van der Waals surface area contributed by atoms with Crippen molar-refractivity contribution < 1.29 is 9.53 Å². The van der Waals surface area contributed by atoms with Crippen LogP contribution >= 0.6 is 11.6 Å². The molecule has 0 bridgehead atoms. The molecule has 25 heavy (non-hydrogen) atoms. The number of ether oxygens (including phenoxy) is 1. The number of esters is 1. The van der Waals surface area contributed by atoms with Crippen LogP contribution in [0.1, 0.15) is 28.5 Å². The average Bonchev–Trinajstić information content (AvgIpc) is 3.05. The normalized spacial score (nSPS) is 10.0. The highest BCUT2D eigenvalue weighted by molar-refractivity contribution is 6.30. The van der Waals surface area contributed by atoms with Crippen LogP contribution in [0, 0.1) is 11.8 Å². The molecule has 0 aliphatic rings. The summed E-state index contributed by atoms with van der Waals surface area (Å²) >= 11 is 6.07. The number of nitrogens with one attached hydrogen (secondary N) is 1. The molecular formula is C20H15ClN2O2. The van der Waals surface area contributed by atoms with Crippen LogP contribution in [0.2, 0.25) is 5.02 Å². The number of halogens is 1. The molecule has 0 saturated carbocycles. The third kappa shape index (κ3) is 3.90. The lowest BCUT2D eigenvalue weighted by atomic mass is 10.1. The van der Waals surface area contributed by atoms with Crippen LogP contribution in [0.4, 0.5) is 0 Å². The van der Waals surface area contributed by atoms with Crippen molar-refractivity contribution in [2.45, 2.75) is 6.92 Å². The van der Waals surface area contributed by atoms with Crippen molar-refractivity contribution in [2.24, 2.45) is 0 Å². The molecule has 0 atom stereocenters. The summed E-state index contributed by atoms with van der Waals surface area (Å²) < 4.78 is 5.09. The number of nitrogens with zero attached hydrogens (tertiary/aromatic N) is 1. The number of hydrogen-bond donors (Lipinski definition) is 1. The first-order valence-corrected chi connectivity index (χ1v) is 8.15. The highest BCUT2D eigenvalue weighted by atomic mass is 35.5. The van der Waals surface area contributed by atoms with Gasteiger partial charge in [0.25, 0.3) is 0 Å². The number of benzene rings is 2. The van der Waals surface area contributed by atoms with Gasteiger partial charge in [-0.3, -0.25) is 5.10 Å². The molecule has 0 aliphatic carbocycles. The lowest BCUT2D eigenvalue weighted by Crippen LogP contribution is -2.07. The number of hydrogen-bond acceptors (Lipinski definition) is 3. The highest BCUT2D eigenvalue weighted by Crippen LogP contribution is 2.26. The van der Waals surface area contributed by atoms with E-state index in [1.807, 2.05) is 42.5 Å². The van der Waals surface area contributed by atoms with E-state index in [0.717, 1.165) is 11.1 Å². The lowest BCUT2D eigenvalue weighted by molar-refractivity contribution is 0.0519. The molecule has 0 amide bonds. The van der Waals surface area contributed by atoms with E-state index < -0.39 is 5.97 Å². The Labute approximate surface area is 150 Å². The van der Waals surface area contributed by atoms with Gasteiger partial charge in [-0.05, 0) is 31.2 Å². The summed E-state index contributed by atoms with van der Waals surface area (Å²) in [4.78, 5) is 12.2. The summed E-state index contributed by atoms with van der Waals surface area (Å²) in [6.45, 7) is 2.03. The van der Waals surface area contributed by atoms with Gasteiger partial charge in [0.2, 0.25) is 0 Å². The molecule has 5 heteroatoms. The van der Waals surface area contributed by atoms with Crippen LogP contribution < -0.4 is 0 Å². The van der Waals surface area contributed by atoms with E-state index in [0.29, 0.717) is 16.3 Å². The minimum atomic E-state index is -0.486. The number of rotatable bonds is 3. The zero-order chi connectivity index (χ0) is 17.6. The van der Waals surface area contributed by atoms with E-state index in [1.165, 1.54) is 0 Å². The van der Waals surface area contributed by atoms with Gasteiger partial charge in [0.1, 0.15) is 5.69 Å². The second kappa shape index (κ2) is 7.69. The Hall–Kier alpha value is -3.03. The van der Waals surface area contributed by atoms with Crippen LogP contribution in [0.5, 0.6) is 0 Å². The number of aromatic nitrogens is 2. The van der Waals surface area contributed by atoms with Crippen molar-refractivity contribution >= 4 is 17.6 Å². The van der Waals surface area contributed by atoms with Gasteiger partial charge in [-0.15, -0.1) is 0 Å². The summed E-state index contributed by atoms with van der Waals surface area (Å²) in [5, 5.41) is 7.58. The molecule has 1 N–H and O–H groups in total. The van der Waals surface area contributed by atoms with Gasteiger partial charge in [0, 0.05) is 16.1 Å². The fraction of sp³-hybridized carbons (Fsp3) is 0.100. The molecule has 0 spiro atoms. The van der Waals surface area contributed by atoms with Crippen LogP contribution in [-0.4, -0.2) is 22.8 Å². The first-order chi connectivity index (χ1) is 12.2. The molecule has 1 heterocycles. The van der Waals surface area contributed by atoms with E-state index in [1.54, 1.807) is 19.1 Å². The van der Waals surface area contributed by atoms with Crippen molar-refractivity contribution in [3.63, 3.8) is 0 Å². The number of carbonyl (C=O) groups excluding carboxylic acids is 1. The Morgan fingerprint density at radius 1 is 1.16 bits per heavy atom. The topological polar surface area (TPSA) is 55.0 Å². The molecule has 4 nitrogen and oxygen atoms in total. The second-order valence-corrected chi connectivity index (χ2v) is 5.61. The quantitative estimate of drug-likeness (QED) is 0.565. The van der Waals surface area contributed by atoms with Crippen LogP contribution in [0.25, 0.3) is 11.3 Å². The van der Waals surface area contributed by atoms with Crippen molar-refractivity contribution in [1.29, 1.82) is 0 Å². The fourth-order valence-electron chi connectivity index (χ4n) is 2.32. The Morgan fingerprint density at radius 2 is 1.96 bits per heavy atom. The van der Waals surface area contributed by atoms with E-state index in [2.05, 4.69) is 22.0 Å². The molecule has 0 saturated heterocycles. The summed E-state index contributed by atoms with van der Waals surface area (Å²) in [7, 11) is 0. The Bertz CT molecular complexity index is 953. The van der Waals surface area contributed by atoms with Gasteiger partial charge in [0.05, 0.1) is 12.2 Å². The molecule has 0 fully saturated rings. The van der Waals surface area contributed by atoms with Crippen molar-refractivity contribution in [2.75, 3.05) is 6.61 Å². The molecular weight excluding hydrogens is 336 g/mol. The van der Waals surface area contributed by atoms with Crippen LogP contribution in [-0.2, 0) is 4.74 Å². The molecule has 3 aromatic rings. The monoisotopic (exact) mass is 350 g/mol. The molecule has 0 aliphatic heterocycles. The summed E-state index contributed by atoms with van der Waals surface area (Å²) in [5.74, 6) is 5.62. The zero-order valence-electron chi connectivity index (χ0n) is 13.5. The van der Waals surface area contributed by atoms with Gasteiger partial charge < -0.3 is 4.74 Å². The summed E-state index contributed by atoms with van der Waals surface area (Å²) in [6.07, 6.45) is 0. The second-order valence-electron chi connectivity index (χ2n) is 5.17. The van der Waals surface area contributed by atoms with E-state index in [4.69, 9.17) is 16.3 Å². The maximum absolute atomic E-state index is 12.2. The van der Waals surface area contributed by atoms with Crippen LogP contribution in [0.15, 0.2) is 54.6 Å². The van der Waals surface area contributed by atoms with Gasteiger partial charge >= 0.3 is 5.97 Å². The highest BCUT2D eigenvalue weighted by Gasteiger charge is 2.20. The summed E-state index contributed by atoms with van der Waals surface area (Å²) in [5.41, 5.74) is 2.91. The average molecular weight is 351 g/mol. The first kappa shape index (κ1) is 16.8. The Kier molecular flexibility index (Phi) is 5.17. The predicted molar refractivity (Wildman–Crippen MR) is 97.4 cm³/mol. The third-order valence-corrected chi connectivity index (χ3v) is 3.68. The molecule has 124 valence electrons. The fourth-order valence-corrected chi connectivity index (χ4v) is 2.51. The molecule has 1 aromatic heterocycles. The first-order valence-electron chi connectivity index (χ1n) is 7.77. The van der Waals surface area contributed by atoms with Crippen molar-refractivity contribution in [3.8, 4) is 23.1 Å². The van der Waals surface area contributed by atoms with Crippen LogP contribution in [0.3, 0.4) is 0 Å². The lowest BCUT2D eigenvalue weighted by Gasteiger charge is -2.01. The van der Waals surface area contributed by atoms with Gasteiger partial charge in [-0.25, -0.2) is 4.79 Å². The minimum absolute atomic E-state index is 0.236. The molecule has 3 rings (SSSR count). The van der Waals surface area contributed by atoms with Gasteiger partial charge in [-0.1, -0.05) is 53.8 Å². The van der Waals surface area contributed by atoms with E-state index in [-0.39, 0.29) is 12.3 Å². The maximum atomic E-state index is 12.2. The number of carbonyl (C=O) groups is 1. The SMILES string of the molecule is CCOC(=O)c1[nH]nc(-c2cccc(Cl)c2)c1C#Cc1ccccc1. The predicted octanol–water partition coefficient (Wildman–Crippen LogP) is 4.31. The third-order valence-electron chi connectivity index (χ3n) is 3.45. The number of H-pyrrole nitrogens is 1. The van der Waals surface area contributed by atoms with E-state index >= 15 is 0 Å². The molecule has 0 unspecified atom stereocenters. The van der Waals surface area contributed by atoms with Crippen molar-refractivity contribution in [3.05, 3.63) is 76.4 Å². The van der Waals surface area contributed by atoms with Gasteiger partial charge in [0.15, 0.2) is 5.69 Å². The Balaban J connectivity index is 2.10. The van der Waals surface area contributed by atoms with Crippen molar-refractivity contribution in [1.82, 2.24) is 10.2 Å².